The summed E-state index contributed by atoms with van der Waals surface area (Å²) < 4.78 is 0. The molecule has 2 aliphatic heterocycles. The van der Waals surface area contributed by atoms with Gasteiger partial charge in [-0.15, -0.1) is 5.92 Å². The quantitative estimate of drug-likeness (QED) is 0.396. The van der Waals surface area contributed by atoms with Crippen molar-refractivity contribution in [2.75, 3.05) is 24.6 Å². The van der Waals surface area contributed by atoms with Gasteiger partial charge in [0.15, 0.2) is 0 Å². The summed E-state index contributed by atoms with van der Waals surface area (Å²) in [5.41, 5.74) is 4.93. The van der Waals surface area contributed by atoms with E-state index in [0.29, 0.717) is 0 Å². The molecule has 2 atom stereocenters. The topological polar surface area (TPSA) is 51.2 Å². The first-order valence-corrected chi connectivity index (χ1v) is 8.71. The fourth-order valence-electron chi connectivity index (χ4n) is 4.31. The molecule has 1 fully saturated rings. The van der Waals surface area contributed by atoms with E-state index in [1.165, 1.54) is 45.2 Å². The van der Waals surface area contributed by atoms with Gasteiger partial charge in [-0.2, -0.15) is 4.89 Å². The predicted octanol–water partition coefficient (Wildman–Crippen LogP) is 3.70. The van der Waals surface area contributed by atoms with Gasteiger partial charge in [-0.25, -0.2) is 5.26 Å². The van der Waals surface area contributed by atoms with Gasteiger partial charge in [0, 0.05) is 18.8 Å². The summed E-state index contributed by atoms with van der Waals surface area (Å²) in [6.45, 7) is 4.35. The smallest absolute Gasteiger partial charge is 0.146 e. The lowest BCUT2D eigenvalue weighted by atomic mass is 9.72. The largest absolute Gasteiger partial charge is 0.370 e. The molecule has 1 N–H and O–H groups in total. The van der Waals surface area contributed by atoms with Crippen molar-refractivity contribution in [1.82, 2.24) is 0 Å². The molecule has 1 aromatic carbocycles. The predicted molar refractivity (Wildman–Crippen MR) is 91.3 cm³/mol. The van der Waals surface area contributed by atoms with Crippen molar-refractivity contribution in [3.63, 3.8) is 0 Å². The SMILES string of the molecule is CC#CCOOOO.c1cc2c3c(c1)[C@@H]1CCCC[C@@H]1CN3CC2. The highest BCUT2D eigenvalue weighted by Gasteiger charge is 2.37. The Morgan fingerprint density at radius 1 is 1.29 bits per heavy atom. The molecule has 130 valence electrons. The minimum Gasteiger partial charge on any atom is -0.370 e. The van der Waals surface area contributed by atoms with Gasteiger partial charge < -0.3 is 4.90 Å². The monoisotopic (exact) mass is 331 g/mol. The van der Waals surface area contributed by atoms with Gasteiger partial charge >= 0.3 is 0 Å². The highest BCUT2D eigenvalue weighted by Crippen LogP contribution is 2.48. The number of hydrogen-bond donors (Lipinski definition) is 1. The second-order valence-corrected chi connectivity index (χ2v) is 6.53. The number of nitrogens with zero attached hydrogens (tertiary/aromatic N) is 1. The molecule has 4 rings (SSSR count). The first kappa shape index (κ1) is 17.2. The summed E-state index contributed by atoms with van der Waals surface area (Å²) in [4.78, 5) is 6.74. The first-order valence-electron chi connectivity index (χ1n) is 8.71. The molecular weight excluding hydrogens is 306 g/mol. The molecule has 1 aromatic rings. The average molecular weight is 331 g/mol. The molecule has 0 aromatic heterocycles. The van der Waals surface area contributed by atoms with Crippen molar-refractivity contribution in [3.05, 3.63) is 29.3 Å². The van der Waals surface area contributed by atoms with Crippen LogP contribution in [0.3, 0.4) is 0 Å². The van der Waals surface area contributed by atoms with Crippen LogP contribution in [0.25, 0.3) is 0 Å². The van der Waals surface area contributed by atoms with E-state index in [9.17, 15) is 0 Å². The van der Waals surface area contributed by atoms with E-state index in [1.807, 2.05) is 0 Å². The molecular formula is C19H25NO4. The third-order valence-electron chi connectivity index (χ3n) is 5.27. The summed E-state index contributed by atoms with van der Waals surface area (Å²) in [7, 11) is 0. The number of hydrogen-bond acceptors (Lipinski definition) is 5. The molecule has 1 aliphatic carbocycles. The number of anilines is 1. The Bertz CT molecular complexity index is 607. The Labute approximate surface area is 143 Å². The Balaban J connectivity index is 0.000000183. The number of fused-ring (bicyclic) bond motifs is 2. The maximum atomic E-state index is 7.47. The molecule has 1 saturated carbocycles. The average Bonchev–Trinajstić information content (AvgIpc) is 3.04. The molecule has 0 spiro atoms. The van der Waals surface area contributed by atoms with Crippen LogP contribution in [0.15, 0.2) is 18.2 Å². The van der Waals surface area contributed by atoms with Crippen LogP contribution >= 0.6 is 0 Å². The Kier molecular flexibility index (Phi) is 6.11. The highest BCUT2D eigenvalue weighted by atomic mass is 17.6. The van der Waals surface area contributed by atoms with E-state index in [2.05, 4.69) is 49.9 Å². The molecule has 0 unspecified atom stereocenters. The third-order valence-corrected chi connectivity index (χ3v) is 5.27. The van der Waals surface area contributed by atoms with Crippen LogP contribution in [0, 0.1) is 17.8 Å². The van der Waals surface area contributed by atoms with Gasteiger partial charge in [-0.1, -0.05) is 37.0 Å². The van der Waals surface area contributed by atoms with Gasteiger partial charge in [0.25, 0.3) is 0 Å². The minimum absolute atomic E-state index is 0.0804. The van der Waals surface area contributed by atoms with E-state index in [0.717, 1.165) is 11.8 Å². The zero-order valence-electron chi connectivity index (χ0n) is 14.2. The first-order chi connectivity index (χ1) is 11.8. The van der Waals surface area contributed by atoms with Crippen molar-refractivity contribution in [3.8, 4) is 11.8 Å². The fraction of sp³-hybridized carbons (Fsp3) is 0.579. The van der Waals surface area contributed by atoms with Crippen LogP contribution in [0.1, 0.15) is 49.7 Å². The highest BCUT2D eigenvalue weighted by molar-refractivity contribution is 5.66. The molecule has 5 heteroatoms. The van der Waals surface area contributed by atoms with Gasteiger partial charge in [0.2, 0.25) is 0 Å². The van der Waals surface area contributed by atoms with Gasteiger partial charge in [0.05, 0.1) is 0 Å². The number of benzene rings is 1. The maximum Gasteiger partial charge on any atom is 0.146 e. The minimum atomic E-state index is 0.0804. The van der Waals surface area contributed by atoms with Crippen LogP contribution in [0.5, 0.6) is 0 Å². The van der Waals surface area contributed by atoms with Gasteiger partial charge in [-0.3, -0.25) is 0 Å². The van der Waals surface area contributed by atoms with E-state index >= 15 is 0 Å². The number of rotatable bonds is 3. The summed E-state index contributed by atoms with van der Waals surface area (Å²) in [5.74, 6) is 6.87. The zero-order valence-corrected chi connectivity index (χ0v) is 14.2. The van der Waals surface area contributed by atoms with Crippen LogP contribution in [0.4, 0.5) is 5.69 Å². The van der Waals surface area contributed by atoms with E-state index < -0.39 is 0 Å². The molecule has 5 nitrogen and oxygen atoms in total. The van der Waals surface area contributed by atoms with Crippen LogP contribution in [0.2, 0.25) is 0 Å². The normalized spacial score (nSPS) is 23.3. The molecule has 2 heterocycles. The fourth-order valence-corrected chi connectivity index (χ4v) is 4.31. The van der Waals surface area contributed by atoms with Crippen molar-refractivity contribution in [1.29, 1.82) is 0 Å². The summed E-state index contributed by atoms with van der Waals surface area (Å²) in [5, 5.41) is 14.2. The molecule has 0 amide bonds. The summed E-state index contributed by atoms with van der Waals surface area (Å²) in [6.07, 6.45) is 7.09. The summed E-state index contributed by atoms with van der Waals surface area (Å²) in [6, 6.07) is 7.02. The van der Waals surface area contributed by atoms with Crippen molar-refractivity contribution >= 4 is 5.69 Å². The second-order valence-electron chi connectivity index (χ2n) is 6.53. The standard InChI is InChI=1S/C15H19N.C4H6O4/c1-2-6-13-12(4-1)10-16-9-8-11-5-3-7-14(13)15(11)16;1-2-3-4-6-8-7-5/h3,5,7,12-13H,1-2,4,6,8-10H2;5H,4H2,1H3/t12-,13-;/m1./s1. The third kappa shape index (κ3) is 3.73. The molecule has 0 saturated heterocycles. The Morgan fingerprint density at radius 3 is 3.00 bits per heavy atom. The maximum absolute atomic E-state index is 7.47. The molecule has 0 radical (unpaired) electrons. The van der Waals surface area contributed by atoms with E-state index in [1.54, 1.807) is 23.7 Å². The Hall–Kier alpha value is -1.58. The van der Waals surface area contributed by atoms with Crippen molar-refractivity contribution < 1.29 is 20.2 Å². The second kappa shape index (κ2) is 8.50. The van der Waals surface area contributed by atoms with Gasteiger partial charge in [-0.05, 0) is 59.2 Å². The van der Waals surface area contributed by atoms with Crippen molar-refractivity contribution in [2.24, 2.45) is 5.92 Å². The van der Waals surface area contributed by atoms with Crippen molar-refractivity contribution in [2.45, 2.75) is 44.9 Å². The summed E-state index contributed by atoms with van der Waals surface area (Å²) >= 11 is 0. The molecule has 3 aliphatic rings. The zero-order chi connectivity index (χ0) is 16.8. The molecule has 24 heavy (non-hydrogen) atoms. The Morgan fingerprint density at radius 2 is 2.17 bits per heavy atom. The lowest BCUT2D eigenvalue weighted by molar-refractivity contribution is -0.620. The van der Waals surface area contributed by atoms with Crippen LogP contribution < -0.4 is 4.90 Å². The number of para-hydroxylation sites is 1. The van der Waals surface area contributed by atoms with Crippen LogP contribution in [-0.4, -0.2) is 25.0 Å². The lowest BCUT2D eigenvalue weighted by Crippen LogP contribution is -2.37. The molecule has 0 bridgehead atoms. The lowest BCUT2D eigenvalue weighted by Gasteiger charge is -2.42. The van der Waals surface area contributed by atoms with E-state index in [4.69, 9.17) is 5.26 Å². The van der Waals surface area contributed by atoms with Crippen LogP contribution in [-0.2, 0) is 21.4 Å². The van der Waals surface area contributed by atoms with Gasteiger partial charge in [0.1, 0.15) is 6.61 Å². The van der Waals surface area contributed by atoms with E-state index in [-0.39, 0.29) is 6.61 Å².